The number of sulfonamides is 1. The molecule has 3 rings (SSSR count). The van der Waals surface area contributed by atoms with Crippen LogP contribution in [0, 0.1) is 0 Å². The van der Waals surface area contributed by atoms with Crippen molar-refractivity contribution in [1.82, 2.24) is 4.72 Å². The Morgan fingerprint density at radius 3 is 2.82 bits per heavy atom. The molecule has 1 aromatic rings. The quantitative estimate of drug-likeness (QED) is 0.918. The minimum Gasteiger partial charge on any atom is -0.373 e. The first-order valence-corrected chi connectivity index (χ1v) is 8.62. The standard InChI is InChI=1S/C10H12BrNO3S2/c11-7-3-4-16-10(7)17(13,14)12-8-5-6-1-2-9(8)15-6/h3-4,6,8-9,12H,1-2,5H2. The van der Waals surface area contributed by atoms with Crippen molar-refractivity contribution in [1.29, 1.82) is 0 Å². The highest BCUT2D eigenvalue weighted by Gasteiger charge is 2.42. The molecule has 0 radical (unpaired) electrons. The van der Waals surface area contributed by atoms with E-state index in [1.807, 2.05) is 0 Å². The Morgan fingerprint density at radius 1 is 1.47 bits per heavy atom. The number of rotatable bonds is 3. The van der Waals surface area contributed by atoms with Crippen molar-refractivity contribution in [3.8, 4) is 0 Å². The molecule has 0 saturated carbocycles. The highest BCUT2D eigenvalue weighted by molar-refractivity contribution is 9.10. The van der Waals surface area contributed by atoms with E-state index in [-0.39, 0.29) is 18.2 Å². The lowest BCUT2D eigenvalue weighted by atomic mass is 9.96. The van der Waals surface area contributed by atoms with Gasteiger partial charge in [-0.05, 0) is 46.6 Å². The molecule has 3 heterocycles. The van der Waals surface area contributed by atoms with E-state index in [1.54, 1.807) is 11.4 Å². The van der Waals surface area contributed by atoms with Gasteiger partial charge < -0.3 is 4.74 Å². The third-order valence-electron chi connectivity index (χ3n) is 3.24. The van der Waals surface area contributed by atoms with Crippen molar-refractivity contribution >= 4 is 37.3 Å². The second-order valence-corrected chi connectivity index (χ2v) is 8.07. The molecule has 7 heteroatoms. The SMILES string of the molecule is O=S(=O)(NC1CC2CCC1O2)c1sccc1Br. The zero-order valence-corrected chi connectivity index (χ0v) is 12.1. The summed E-state index contributed by atoms with van der Waals surface area (Å²) in [6.45, 7) is 0. The largest absolute Gasteiger partial charge is 0.373 e. The second-order valence-electron chi connectivity index (χ2n) is 4.39. The Balaban J connectivity index is 1.79. The van der Waals surface area contributed by atoms with Crippen molar-refractivity contribution < 1.29 is 13.2 Å². The molecule has 0 aliphatic carbocycles. The monoisotopic (exact) mass is 337 g/mol. The molecule has 0 aromatic carbocycles. The van der Waals surface area contributed by atoms with Crippen LogP contribution in [0.15, 0.2) is 20.1 Å². The fraction of sp³-hybridized carbons (Fsp3) is 0.600. The van der Waals surface area contributed by atoms with Crippen LogP contribution in [-0.2, 0) is 14.8 Å². The van der Waals surface area contributed by atoms with Gasteiger partial charge >= 0.3 is 0 Å². The molecule has 2 aliphatic rings. The van der Waals surface area contributed by atoms with Gasteiger partial charge in [0.25, 0.3) is 10.0 Å². The van der Waals surface area contributed by atoms with E-state index < -0.39 is 10.0 Å². The lowest BCUT2D eigenvalue weighted by molar-refractivity contribution is 0.0996. The third kappa shape index (κ3) is 2.19. The maximum absolute atomic E-state index is 12.2. The minimum atomic E-state index is -3.41. The number of thiophene rings is 1. The van der Waals surface area contributed by atoms with Crippen LogP contribution in [-0.4, -0.2) is 26.7 Å². The van der Waals surface area contributed by atoms with Gasteiger partial charge in [-0.2, -0.15) is 0 Å². The molecule has 2 aliphatic heterocycles. The third-order valence-corrected chi connectivity index (χ3v) is 7.40. The maximum Gasteiger partial charge on any atom is 0.251 e. The molecule has 1 N–H and O–H groups in total. The van der Waals surface area contributed by atoms with Crippen molar-refractivity contribution in [2.75, 3.05) is 0 Å². The predicted octanol–water partition coefficient (Wildman–Crippen LogP) is 2.11. The fourth-order valence-corrected chi connectivity index (χ4v) is 6.12. The molecule has 94 valence electrons. The molecule has 17 heavy (non-hydrogen) atoms. The van der Waals surface area contributed by atoms with E-state index in [1.165, 1.54) is 11.3 Å². The van der Waals surface area contributed by atoms with Crippen LogP contribution in [0.1, 0.15) is 19.3 Å². The number of hydrogen-bond acceptors (Lipinski definition) is 4. The first kappa shape index (κ1) is 12.1. The van der Waals surface area contributed by atoms with E-state index in [4.69, 9.17) is 4.74 Å². The van der Waals surface area contributed by atoms with E-state index >= 15 is 0 Å². The van der Waals surface area contributed by atoms with Crippen LogP contribution < -0.4 is 4.72 Å². The summed E-state index contributed by atoms with van der Waals surface area (Å²) in [5.74, 6) is 0. The van der Waals surface area contributed by atoms with E-state index in [2.05, 4.69) is 20.7 Å². The lowest BCUT2D eigenvalue weighted by Crippen LogP contribution is -2.41. The summed E-state index contributed by atoms with van der Waals surface area (Å²) >= 11 is 4.47. The van der Waals surface area contributed by atoms with E-state index in [0.717, 1.165) is 19.3 Å². The maximum atomic E-state index is 12.2. The van der Waals surface area contributed by atoms with Gasteiger partial charge in [-0.15, -0.1) is 11.3 Å². The fourth-order valence-electron chi connectivity index (χ4n) is 2.49. The lowest BCUT2D eigenvalue weighted by Gasteiger charge is -2.19. The zero-order chi connectivity index (χ0) is 12.0. The Morgan fingerprint density at radius 2 is 2.29 bits per heavy atom. The van der Waals surface area contributed by atoms with Gasteiger partial charge in [0.2, 0.25) is 0 Å². The number of fused-ring (bicyclic) bond motifs is 2. The summed E-state index contributed by atoms with van der Waals surface area (Å²) in [7, 11) is -3.41. The number of hydrogen-bond donors (Lipinski definition) is 1. The number of ether oxygens (including phenoxy) is 1. The smallest absolute Gasteiger partial charge is 0.251 e. The number of nitrogens with one attached hydrogen (secondary N) is 1. The molecule has 2 saturated heterocycles. The van der Waals surface area contributed by atoms with Gasteiger partial charge in [0.1, 0.15) is 4.21 Å². The van der Waals surface area contributed by atoms with Gasteiger partial charge in [-0.3, -0.25) is 0 Å². The molecule has 1 aromatic heterocycles. The van der Waals surface area contributed by atoms with E-state index in [0.29, 0.717) is 8.68 Å². The summed E-state index contributed by atoms with van der Waals surface area (Å²) in [6, 6.07) is 1.68. The Labute approximate surface area is 113 Å². The highest BCUT2D eigenvalue weighted by atomic mass is 79.9. The summed E-state index contributed by atoms with van der Waals surface area (Å²) < 4.78 is 33.7. The number of halogens is 1. The van der Waals surface area contributed by atoms with Crippen LogP contribution in [0.4, 0.5) is 0 Å². The van der Waals surface area contributed by atoms with Crippen LogP contribution in [0.25, 0.3) is 0 Å². The van der Waals surface area contributed by atoms with Crippen molar-refractivity contribution in [3.63, 3.8) is 0 Å². The van der Waals surface area contributed by atoms with Gasteiger partial charge in [0.05, 0.1) is 18.2 Å². The minimum absolute atomic E-state index is 0.0623. The molecule has 4 nitrogen and oxygen atoms in total. The van der Waals surface area contributed by atoms with Crippen molar-refractivity contribution in [2.24, 2.45) is 0 Å². The molecular formula is C10H12BrNO3S2. The first-order valence-electron chi connectivity index (χ1n) is 5.47. The summed E-state index contributed by atoms with van der Waals surface area (Å²) in [5.41, 5.74) is 0. The molecular weight excluding hydrogens is 326 g/mol. The second kappa shape index (κ2) is 4.31. The van der Waals surface area contributed by atoms with Crippen molar-refractivity contribution in [2.45, 2.75) is 41.7 Å². The van der Waals surface area contributed by atoms with Crippen LogP contribution in [0.2, 0.25) is 0 Å². The first-order chi connectivity index (χ1) is 8.06. The van der Waals surface area contributed by atoms with Gasteiger partial charge in [0.15, 0.2) is 0 Å². The van der Waals surface area contributed by atoms with Gasteiger partial charge in [-0.25, -0.2) is 13.1 Å². The summed E-state index contributed by atoms with van der Waals surface area (Å²) in [6.07, 6.45) is 3.13. The van der Waals surface area contributed by atoms with Crippen LogP contribution in [0.3, 0.4) is 0 Å². The van der Waals surface area contributed by atoms with Gasteiger partial charge in [0, 0.05) is 4.47 Å². The molecule has 2 bridgehead atoms. The normalized spacial score (nSPS) is 32.2. The average molecular weight is 338 g/mol. The Kier molecular flexibility index (Phi) is 3.07. The zero-order valence-electron chi connectivity index (χ0n) is 8.93. The molecule has 3 atom stereocenters. The topological polar surface area (TPSA) is 55.4 Å². The van der Waals surface area contributed by atoms with Gasteiger partial charge in [-0.1, -0.05) is 0 Å². The average Bonchev–Trinajstić information content (AvgIpc) is 2.92. The summed E-state index contributed by atoms with van der Waals surface area (Å²) in [5, 5.41) is 1.76. The van der Waals surface area contributed by atoms with Crippen molar-refractivity contribution in [3.05, 3.63) is 15.9 Å². The summed E-state index contributed by atoms with van der Waals surface area (Å²) in [4.78, 5) is 0. The highest BCUT2D eigenvalue weighted by Crippen LogP contribution is 2.36. The Hall–Kier alpha value is 0.0500. The molecule has 0 amide bonds. The van der Waals surface area contributed by atoms with E-state index in [9.17, 15) is 8.42 Å². The Bertz CT molecular complexity index is 527. The molecule has 3 unspecified atom stereocenters. The van der Waals surface area contributed by atoms with Crippen LogP contribution in [0.5, 0.6) is 0 Å². The molecule has 2 fully saturated rings. The van der Waals surface area contributed by atoms with Crippen LogP contribution >= 0.6 is 27.3 Å². The predicted molar refractivity (Wildman–Crippen MR) is 68.6 cm³/mol. The molecule has 0 spiro atoms.